The van der Waals surface area contributed by atoms with Gasteiger partial charge in [-0.2, -0.15) is 0 Å². The molecular weight excluding hydrogens is 256 g/mol. The minimum Gasteiger partial charge on any atom is -0.411 e. The van der Waals surface area contributed by atoms with Crippen LogP contribution in [-0.4, -0.2) is 16.4 Å². The minimum absolute atomic E-state index is 0. The van der Waals surface area contributed by atoms with E-state index in [2.05, 4.69) is 22.3 Å². The quantitative estimate of drug-likeness (QED) is 0.526. The number of hydrogen-bond donors (Lipinski definition) is 1. The standard InChI is InChI=1S/C12H12N2OS.ClH/c15-13-8-11-9-16-12(14-11)7-6-10-4-2-1-3-5-10;/h1-5,8-9,15H,6-7H2;1H/b13-8-;. The summed E-state index contributed by atoms with van der Waals surface area (Å²) >= 11 is 1.60. The maximum Gasteiger partial charge on any atom is 0.0958 e. The summed E-state index contributed by atoms with van der Waals surface area (Å²) in [6, 6.07) is 10.3. The second kappa shape index (κ2) is 7.04. The molecule has 1 heterocycles. The van der Waals surface area contributed by atoms with Crippen LogP contribution in [0.15, 0.2) is 40.9 Å². The predicted molar refractivity (Wildman–Crippen MR) is 72.6 cm³/mol. The van der Waals surface area contributed by atoms with E-state index in [9.17, 15) is 0 Å². The zero-order valence-corrected chi connectivity index (χ0v) is 10.7. The van der Waals surface area contributed by atoms with Gasteiger partial charge >= 0.3 is 0 Å². The second-order valence-electron chi connectivity index (χ2n) is 3.40. The van der Waals surface area contributed by atoms with Gasteiger partial charge in [0.05, 0.1) is 16.9 Å². The van der Waals surface area contributed by atoms with Gasteiger partial charge in [-0.05, 0) is 12.0 Å². The van der Waals surface area contributed by atoms with E-state index in [4.69, 9.17) is 5.21 Å². The lowest BCUT2D eigenvalue weighted by Gasteiger charge is -1.97. The van der Waals surface area contributed by atoms with E-state index in [1.165, 1.54) is 11.8 Å². The van der Waals surface area contributed by atoms with Gasteiger partial charge in [0, 0.05) is 11.8 Å². The molecule has 0 bridgehead atoms. The van der Waals surface area contributed by atoms with Gasteiger partial charge in [-0.25, -0.2) is 4.98 Å². The van der Waals surface area contributed by atoms with Gasteiger partial charge in [0.25, 0.3) is 0 Å². The van der Waals surface area contributed by atoms with Crippen LogP contribution in [0.5, 0.6) is 0 Å². The Labute approximate surface area is 110 Å². The molecule has 0 spiro atoms. The summed E-state index contributed by atoms with van der Waals surface area (Å²) in [5.74, 6) is 0. The molecule has 17 heavy (non-hydrogen) atoms. The van der Waals surface area contributed by atoms with Crippen molar-refractivity contribution in [1.29, 1.82) is 0 Å². The van der Waals surface area contributed by atoms with Crippen molar-refractivity contribution >= 4 is 30.0 Å². The molecule has 0 aliphatic heterocycles. The highest BCUT2D eigenvalue weighted by Gasteiger charge is 2.00. The summed E-state index contributed by atoms with van der Waals surface area (Å²) in [4.78, 5) is 4.32. The molecule has 0 saturated heterocycles. The Hall–Kier alpha value is -1.39. The smallest absolute Gasteiger partial charge is 0.0958 e. The number of halogens is 1. The molecule has 90 valence electrons. The average Bonchev–Trinajstić information content (AvgIpc) is 2.76. The first-order valence-corrected chi connectivity index (χ1v) is 5.92. The fraction of sp³-hybridized carbons (Fsp3) is 0.167. The third kappa shape index (κ3) is 4.17. The van der Waals surface area contributed by atoms with Crippen LogP contribution in [0.2, 0.25) is 0 Å². The summed E-state index contributed by atoms with van der Waals surface area (Å²) in [5, 5.41) is 14.3. The molecule has 0 amide bonds. The van der Waals surface area contributed by atoms with Crippen LogP contribution in [0, 0.1) is 0 Å². The minimum atomic E-state index is 0. The van der Waals surface area contributed by atoms with Gasteiger partial charge in [0.15, 0.2) is 0 Å². The van der Waals surface area contributed by atoms with E-state index in [1.54, 1.807) is 11.3 Å². The molecule has 2 rings (SSSR count). The Morgan fingerprint density at radius 1 is 1.24 bits per heavy atom. The topological polar surface area (TPSA) is 45.5 Å². The first kappa shape index (κ1) is 13.7. The molecular formula is C12H13ClN2OS. The monoisotopic (exact) mass is 268 g/mol. The molecule has 1 aromatic carbocycles. The highest BCUT2D eigenvalue weighted by molar-refractivity contribution is 7.09. The summed E-state index contributed by atoms with van der Waals surface area (Å²) in [5.41, 5.74) is 2.03. The van der Waals surface area contributed by atoms with Crippen molar-refractivity contribution in [1.82, 2.24) is 4.98 Å². The summed E-state index contributed by atoms with van der Waals surface area (Å²) in [7, 11) is 0. The second-order valence-corrected chi connectivity index (χ2v) is 4.34. The van der Waals surface area contributed by atoms with Gasteiger partial charge in [-0.15, -0.1) is 23.7 Å². The first-order chi connectivity index (χ1) is 7.88. The van der Waals surface area contributed by atoms with Gasteiger partial charge in [-0.3, -0.25) is 0 Å². The van der Waals surface area contributed by atoms with E-state index in [-0.39, 0.29) is 12.4 Å². The number of nitrogens with zero attached hydrogens (tertiary/aromatic N) is 2. The summed E-state index contributed by atoms with van der Waals surface area (Å²) in [6.07, 6.45) is 3.26. The number of benzene rings is 1. The van der Waals surface area contributed by atoms with E-state index >= 15 is 0 Å². The van der Waals surface area contributed by atoms with E-state index in [0.29, 0.717) is 0 Å². The molecule has 0 aliphatic carbocycles. The third-order valence-electron chi connectivity index (χ3n) is 2.23. The molecule has 0 saturated carbocycles. The summed E-state index contributed by atoms with van der Waals surface area (Å²) < 4.78 is 0. The van der Waals surface area contributed by atoms with E-state index in [0.717, 1.165) is 23.5 Å². The Balaban J connectivity index is 0.00000144. The van der Waals surface area contributed by atoms with Crippen LogP contribution in [0.1, 0.15) is 16.3 Å². The average molecular weight is 269 g/mol. The maximum atomic E-state index is 8.37. The molecule has 0 aliphatic rings. The lowest BCUT2D eigenvalue weighted by atomic mass is 10.1. The number of aryl methyl sites for hydroxylation is 2. The molecule has 5 heteroatoms. The molecule has 1 N–H and O–H groups in total. The van der Waals surface area contributed by atoms with Gasteiger partial charge < -0.3 is 5.21 Å². The van der Waals surface area contributed by atoms with Crippen molar-refractivity contribution in [2.75, 3.05) is 0 Å². The van der Waals surface area contributed by atoms with E-state index < -0.39 is 0 Å². The largest absolute Gasteiger partial charge is 0.411 e. The normalized spacial score (nSPS) is 10.4. The van der Waals surface area contributed by atoms with Crippen LogP contribution in [0.25, 0.3) is 0 Å². The van der Waals surface area contributed by atoms with Crippen molar-refractivity contribution in [3.05, 3.63) is 52.0 Å². The molecule has 0 fully saturated rings. The zero-order chi connectivity index (χ0) is 11.2. The third-order valence-corrected chi connectivity index (χ3v) is 3.16. The maximum absolute atomic E-state index is 8.37. The Morgan fingerprint density at radius 3 is 2.71 bits per heavy atom. The van der Waals surface area contributed by atoms with Crippen LogP contribution in [0.3, 0.4) is 0 Å². The van der Waals surface area contributed by atoms with Crippen LogP contribution >= 0.6 is 23.7 Å². The SMILES string of the molecule is Cl.O/N=C\c1csc(CCc2ccccc2)n1. The van der Waals surface area contributed by atoms with Crippen molar-refractivity contribution in [2.45, 2.75) is 12.8 Å². The molecule has 0 atom stereocenters. The lowest BCUT2D eigenvalue weighted by Crippen LogP contribution is -1.91. The van der Waals surface area contributed by atoms with Gasteiger partial charge in [-0.1, -0.05) is 35.5 Å². The fourth-order valence-corrected chi connectivity index (χ4v) is 2.20. The number of thiazole rings is 1. The highest BCUT2D eigenvalue weighted by atomic mass is 35.5. The van der Waals surface area contributed by atoms with Crippen molar-refractivity contribution in [3.8, 4) is 0 Å². The first-order valence-electron chi connectivity index (χ1n) is 5.04. The molecule has 0 radical (unpaired) electrons. The van der Waals surface area contributed by atoms with Crippen molar-refractivity contribution in [2.24, 2.45) is 5.16 Å². The highest BCUT2D eigenvalue weighted by Crippen LogP contribution is 2.12. The molecule has 1 aromatic heterocycles. The van der Waals surface area contributed by atoms with Crippen molar-refractivity contribution < 1.29 is 5.21 Å². The van der Waals surface area contributed by atoms with Crippen LogP contribution in [0.4, 0.5) is 0 Å². The summed E-state index contributed by atoms with van der Waals surface area (Å²) in [6.45, 7) is 0. The van der Waals surface area contributed by atoms with Gasteiger partial charge in [0.1, 0.15) is 0 Å². The zero-order valence-electron chi connectivity index (χ0n) is 9.11. The Morgan fingerprint density at radius 2 is 2.00 bits per heavy atom. The van der Waals surface area contributed by atoms with Gasteiger partial charge in [0.2, 0.25) is 0 Å². The Kier molecular flexibility index (Phi) is 5.66. The number of aromatic nitrogens is 1. The number of hydrogen-bond acceptors (Lipinski definition) is 4. The number of oxime groups is 1. The van der Waals surface area contributed by atoms with Crippen LogP contribution < -0.4 is 0 Å². The molecule has 2 aromatic rings. The lowest BCUT2D eigenvalue weighted by molar-refractivity contribution is 0.321. The van der Waals surface area contributed by atoms with Crippen molar-refractivity contribution in [3.63, 3.8) is 0 Å². The Bertz CT molecular complexity index is 470. The molecule has 0 unspecified atom stereocenters. The fourth-order valence-electron chi connectivity index (χ4n) is 1.45. The van der Waals surface area contributed by atoms with Crippen LogP contribution in [-0.2, 0) is 12.8 Å². The molecule has 3 nitrogen and oxygen atoms in total. The number of rotatable bonds is 4. The predicted octanol–water partition coefficient (Wildman–Crippen LogP) is 3.16. The van der Waals surface area contributed by atoms with E-state index in [1.807, 2.05) is 23.6 Å².